The van der Waals surface area contributed by atoms with Gasteiger partial charge in [-0.15, -0.1) is 4.91 Å². The monoisotopic (exact) mass is 397 g/mol. The van der Waals surface area contributed by atoms with E-state index in [9.17, 15) is 10.0 Å². The molecule has 2 aromatic carbocycles. The van der Waals surface area contributed by atoms with Crippen molar-refractivity contribution in [3.05, 3.63) is 70.1 Å². The fraction of sp³-hybridized carbons (Fsp3) is 0.478. The Morgan fingerprint density at radius 3 is 2.28 bits per heavy atom. The summed E-state index contributed by atoms with van der Waals surface area (Å²) < 4.78 is 6.19. The maximum Gasteiger partial charge on any atom is 0.261 e. The summed E-state index contributed by atoms with van der Waals surface area (Å²) in [7, 11) is 0. The molecule has 0 amide bonds. The number of nitrogens with zero attached hydrogens (tertiary/aromatic N) is 1. The summed E-state index contributed by atoms with van der Waals surface area (Å²) in [6, 6.07) is 13.5. The number of benzene rings is 2. The molecule has 3 unspecified atom stereocenters. The van der Waals surface area contributed by atoms with Crippen LogP contribution < -0.4 is 0 Å². The fourth-order valence-corrected chi connectivity index (χ4v) is 5.15. The molecule has 6 heteroatoms. The van der Waals surface area contributed by atoms with Gasteiger partial charge in [-0.3, -0.25) is 0 Å². The lowest BCUT2D eigenvalue weighted by Gasteiger charge is -2.61. The molecular weight excluding hydrogens is 370 g/mol. The first-order valence-corrected chi connectivity index (χ1v) is 9.81. The fourth-order valence-electron chi connectivity index (χ4n) is 5.15. The van der Waals surface area contributed by atoms with Crippen LogP contribution in [0.25, 0.3) is 0 Å². The molecule has 0 aliphatic carbocycles. The molecule has 3 atom stereocenters. The molecule has 0 saturated carbocycles. The molecule has 154 valence electrons. The smallest absolute Gasteiger partial charge is 0.261 e. The van der Waals surface area contributed by atoms with Gasteiger partial charge in [0.05, 0.1) is 6.61 Å². The van der Waals surface area contributed by atoms with E-state index in [1.54, 1.807) is 12.1 Å². The van der Waals surface area contributed by atoms with E-state index in [-0.39, 0.29) is 16.6 Å². The van der Waals surface area contributed by atoms with Crippen molar-refractivity contribution in [2.45, 2.75) is 52.0 Å². The zero-order valence-corrected chi connectivity index (χ0v) is 17.4. The van der Waals surface area contributed by atoms with Gasteiger partial charge in [0, 0.05) is 22.0 Å². The summed E-state index contributed by atoms with van der Waals surface area (Å²) >= 11 is 0. The van der Waals surface area contributed by atoms with E-state index >= 15 is 0 Å². The standard InChI is InChI=1S/C23H27NO5/c1-20(2,3)23-21(4,5)14-27-22(23,28-29-23)16-11-12-17(18(25)13-16)19(24-26)15-9-7-6-8-10-15/h6-13,19,25H,14H2,1-5H3. The Morgan fingerprint density at radius 2 is 1.76 bits per heavy atom. The van der Waals surface area contributed by atoms with Gasteiger partial charge in [-0.2, -0.15) is 4.89 Å². The Kier molecular flexibility index (Phi) is 4.39. The predicted molar refractivity (Wildman–Crippen MR) is 108 cm³/mol. The molecule has 2 heterocycles. The highest BCUT2D eigenvalue weighted by atomic mass is 17.3. The van der Waals surface area contributed by atoms with E-state index < -0.39 is 17.4 Å². The Labute approximate surface area is 170 Å². The number of phenolic OH excluding ortho intramolecular Hbond substituents is 1. The maximum absolute atomic E-state index is 11.6. The van der Waals surface area contributed by atoms with E-state index in [0.29, 0.717) is 23.3 Å². The molecule has 6 nitrogen and oxygen atoms in total. The van der Waals surface area contributed by atoms with Crippen LogP contribution in [-0.2, 0) is 20.3 Å². The molecule has 29 heavy (non-hydrogen) atoms. The summed E-state index contributed by atoms with van der Waals surface area (Å²) in [4.78, 5) is 23.0. The number of hydrogen-bond donors (Lipinski definition) is 1. The molecule has 0 bridgehead atoms. The summed E-state index contributed by atoms with van der Waals surface area (Å²) in [6.45, 7) is 10.9. The van der Waals surface area contributed by atoms with Crippen LogP contribution in [0.15, 0.2) is 53.7 Å². The van der Waals surface area contributed by atoms with Gasteiger partial charge in [-0.25, -0.2) is 4.89 Å². The van der Waals surface area contributed by atoms with Gasteiger partial charge in [0.15, 0.2) is 5.60 Å². The SMILES string of the molecule is CC(C)(C)C12OOC1(c1ccc(C(N=O)c3ccccc3)c(O)c1)OCC2(C)C. The van der Waals surface area contributed by atoms with E-state index in [0.717, 1.165) is 0 Å². The third-order valence-corrected chi connectivity index (χ3v) is 6.32. The van der Waals surface area contributed by atoms with E-state index in [1.165, 1.54) is 0 Å². The second-order valence-electron chi connectivity index (χ2n) is 9.58. The molecule has 2 saturated heterocycles. The van der Waals surface area contributed by atoms with Crippen molar-refractivity contribution in [2.75, 3.05) is 6.61 Å². The van der Waals surface area contributed by atoms with Crippen molar-refractivity contribution in [1.29, 1.82) is 0 Å². The van der Waals surface area contributed by atoms with Crippen molar-refractivity contribution in [1.82, 2.24) is 0 Å². The van der Waals surface area contributed by atoms with Crippen molar-refractivity contribution in [3.63, 3.8) is 0 Å². The molecule has 1 N–H and O–H groups in total. The third kappa shape index (κ3) is 2.52. The maximum atomic E-state index is 11.6. The van der Waals surface area contributed by atoms with Crippen LogP contribution >= 0.6 is 0 Å². The minimum Gasteiger partial charge on any atom is -0.508 e. The van der Waals surface area contributed by atoms with Crippen molar-refractivity contribution >= 4 is 0 Å². The second-order valence-corrected chi connectivity index (χ2v) is 9.58. The number of hydrogen-bond acceptors (Lipinski definition) is 6. The largest absolute Gasteiger partial charge is 0.508 e. The average molecular weight is 397 g/mol. The molecule has 2 fully saturated rings. The van der Waals surface area contributed by atoms with E-state index in [2.05, 4.69) is 39.8 Å². The molecule has 2 aliphatic rings. The highest BCUT2D eigenvalue weighted by Crippen LogP contribution is 2.69. The zero-order chi connectivity index (χ0) is 21.1. The first-order valence-electron chi connectivity index (χ1n) is 9.81. The zero-order valence-electron chi connectivity index (χ0n) is 17.4. The van der Waals surface area contributed by atoms with Crippen LogP contribution in [0, 0.1) is 15.7 Å². The summed E-state index contributed by atoms with van der Waals surface area (Å²) in [5.41, 5.74) is 0.469. The minimum absolute atomic E-state index is 0.0306. The molecule has 4 rings (SSSR count). The van der Waals surface area contributed by atoms with Crippen molar-refractivity contribution < 1.29 is 19.6 Å². The molecule has 0 radical (unpaired) electrons. The van der Waals surface area contributed by atoms with Crippen molar-refractivity contribution in [3.8, 4) is 5.75 Å². The van der Waals surface area contributed by atoms with E-state index in [1.807, 2.05) is 36.4 Å². The van der Waals surface area contributed by atoms with Gasteiger partial charge < -0.3 is 9.84 Å². The molecule has 0 spiro atoms. The number of aromatic hydroxyl groups is 1. The van der Waals surface area contributed by atoms with Crippen LogP contribution in [0.2, 0.25) is 0 Å². The van der Waals surface area contributed by atoms with Gasteiger partial charge >= 0.3 is 0 Å². The average Bonchev–Trinajstić information content (AvgIpc) is 2.79. The molecule has 2 aliphatic heterocycles. The van der Waals surface area contributed by atoms with Gasteiger partial charge in [0.1, 0.15) is 11.8 Å². The third-order valence-electron chi connectivity index (χ3n) is 6.32. The second kappa shape index (κ2) is 6.36. The van der Waals surface area contributed by atoms with E-state index in [4.69, 9.17) is 14.5 Å². The molecular formula is C23H27NO5. The number of ether oxygens (including phenoxy) is 1. The Bertz CT molecular complexity index is 936. The van der Waals surface area contributed by atoms with Crippen LogP contribution in [0.5, 0.6) is 5.75 Å². The van der Waals surface area contributed by atoms with Crippen LogP contribution in [0.1, 0.15) is 57.4 Å². The lowest BCUT2D eigenvalue weighted by atomic mass is 9.57. The highest BCUT2D eigenvalue weighted by Gasteiger charge is 2.81. The number of rotatable bonds is 4. The van der Waals surface area contributed by atoms with Gasteiger partial charge in [0.25, 0.3) is 5.79 Å². The van der Waals surface area contributed by atoms with Gasteiger partial charge in [-0.05, 0) is 11.6 Å². The molecule has 2 aromatic rings. The first kappa shape index (κ1) is 20.0. The van der Waals surface area contributed by atoms with Crippen molar-refractivity contribution in [2.24, 2.45) is 16.0 Å². The first-order chi connectivity index (χ1) is 13.6. The summed E-state index contributed by atoms with van der Waals surface area (Å²) in [6.07, 6.45) is 0. The normalized spacial score (nSPS) is 29.0. The minimum atomic E-state index is -1.12. The van der Waals surface area contributed by atoms with Crippen LogP contribution in [0.4, 0.5) is 0 Å². The number of fused-ring (bicyclic) bond motifs is 1. The lowest BCUT2D eigenvalue weighted by molar-refractivity contribution is -0.626. The van der Waals surface area contributed by atoms with Gasteiger partial charge in [-0.1, -0.05) is 82.3 Å². The predicted octanol–water partition coefficient (Wildman–Crippen LogP) is 5.20. The quantitative estimate of drug-likeness (QED) is 0.566. The lowest BCUT2D eigenvalue weighted by Crippen LogP contribution is -2.73. The summed E-state index contributed by atoms with van der Waals surface area (Å²) in [5.74, 6) is -1.15. The Hall–Kier alpha value is -2.28. The van der Waals surface area contributed by atoms with Crippen LogP contribution in [-0.4, -0.2) is 17.3 Å². The topological polar surface area (TPSA) is 77.4 Å². The Balaban J connectivity index is 1.78. The summed E-state index contributed by atoms with van der Waals surface area (Å²) in [5, 5.41) is 14.0. The highest BCUT2D eigenvalue weighted by molar-refractivity contribution is 5.46. The molecule has 0 aromatic heterocycles. The number of phenols is 1. The Morgan fingerprint density at radius 1 is 1.07 bits per heavy atom. The van der Waals surface area contributed by atoms with Crippen LogP contribution in [0.3, 0.4) is 0 Å². The van der Waals surface area contributed by atoms with Gasteiger partial charge in [0.2, 0.25) is 0 Å². The number of nitroso groups, excluding NO2 is 1.